The zero-order valence-electron chi connectivity index (χ0n) is 10.1. The van der Waals surface area contributed by atoms with Gasteiger partial charge in [-0.1, -0.05) is 0 Å². The predicted octanol–water partition coefficient (Wildman–Crippen LogP) is 0.726. The van der Waals surface area contributed by atoms with E-state index in [-0.39, 0.29) is 10.9 Å². The number of hydrogen-bond acceptors (Lipinski definition) is 5. The van der Waals surface area contributed by atoms with E-state index in [1.807, 2.05) is 0 Å². The second kappa shape index (κ2) is 4.71. The third-order valence-corrected chi connectivity index (χ3v) is 5.10. The van der Waals surface area contributed by atoms with Gasteiger partial charge in [-0.15, -0.1) is 0 Å². The van der Waals surface area contributed by atoms with Gasteiger partial charge in [0.15, 0.2) is 0 Å². The smallest absolute Gasteiger partial charge is 0.246 e. The van der Waals surface area contributed by atoms with Crippen LogP contribution >= 0.6 is 0 Å². The highest BCUT2D eigenvalue weighted by atomic mass is 32.2. The van der Waals surface area contributed by atoms with Gasteiger partial charge in [0.05, 0.1) is 17.9 Å². The van der Waals surface area contributed by atoms with Gasteiger partial charge in [0.1, 0.15) is 11.2 Å². The minimum atomic E-state index is -3.51. The third-order valence-electron chi connectivity index (χ3n) is 3.23. The van der Waals surface area contributed by atoms with Crippen molar-refractivity contribution in [2.24, 2.45) is 0 Å². The first-order valence-electron chi connectivity index (χ1n) is 5.96. The average Bonchev–Trinajstić information content (AvgIpc) is 3.11. The molecular weight excluding hydrogens is 266 g/mol. The molecule has 0 aromatic carbocycles. The van der Waals surface area contributed by atoms with Crippen LogP contribution in [0.15, 0.2) is 35.9 Å². The number of nitrogens with one attached hydrogen (secondary N) is 1. The predicted molar refractivity (Wildman–Crippen MR) is 66.5 cm³/mol. The minimum absolute atomic E-state index is 0.188. The molecule has 8 heteroatoms. The van der Waals surface area contributed by atoms with Gasteiger partial charge in [0.2, 0.25) is 10.0 Å². The number of rotatable bonds is 3. The van der Waals surface area contributed by atoms with Crippen LogP contribution in [0.4, 0.5) is 0 Å². The largest absolute Gasteiger partial charge is 0.284 e. The summed E-state index contributed by atoms with van der Waals surface area (Å²) in [6, 6.07) is 1.54. The molecule has 2 aromatic rings. The lowest BCUT2D eigenvalue weighted by molar-refractivity contribution is 0.390. The molecule has 1 fully saturated rings. The van der Waals surface area contributed by atoms with Crippen molar-refractivity contribution in [2.75, 3.05) is 6.54 Å². The van der Waals surface area contributed by atoms with Crippen LogP contribution < -0.4 is 0 Å². The maximum absolute atomic E-state index is 12.5. The molecule has 1 N–H and O–H groups in total. The van der Waals surface area contributed by atoms with Crippen molar-refractivity contribution >= 4 is 10.0 Å². The second-order valence-electron chi connectivity index (χ2n) is 4.34. The van der Waals surface area contributed by atoms with Gasteiger partial charge in [-0.25, -0.2) is 18.4 Å². The molecule has 7 nitrogen and oxygen atoms in total. The summed E-state index contributed by atoms with van der Waals surface area (Å²) < 4.78 is 26.5. The van der Waals surface area contributed by atoms with E-state index in [9.17, 15) is 8.42 Å². The molecule has 100 valence electrons. The summed E-state index contributed by atoms with van der Waals surface area (Å²) in [5.41, 5.74) is 0.736. The molecule has 0 saturated carbocycles. The van der Waals surface area contributed by atoms with E-state index in [2.05, 4.69) is 20.2 Å². The normalized spacial score (nSPS) is 20.7. The minimum Gasteiger partial charge on any atom is -0.284 e. The third kappa shape index (κ3) is 2.13. The molecule has 1 aliphatic heterocycles. The zero-order chi connectivity index (χ0) is 13.3. The van der Waals surface area contributed by atoms with Crippen LogP contribution in [0, 0.1) is 0 Å². The summed E-state index contributed by atoms with van der Waals surface area (Å²) >= 11 is 0. The first-order chi connectivity index (χ1) is 9.19. The maximum Gasteiger partial charge on any atom is 0.246 e. The zero-order valence-corrected chi connectivity index (χ0v) is 10.9. The van der Waals surface area contributed by atoms with Crippen molar-refractivity contribution in [3.63, 3.8) is 0 Å². The second-order valence-corrected chi connectivity index (χ2v) is 6.23. The molecule has 1 aliphatic rings. The van der Waals surface area contributed by atoms with Gasteiger partial charge in [-0.2, -0.15) is 9.40 Å². The fraction of sp³-hybridized carbons (Fsp3) is 0.364. The number of nitrogens with zero attached hydrogens (tertiary/aromatic N) is 4. The number of aromatic nitrogens is 4. The molecule has 2 aromatic heterocycles. The van der Waals surface area contributed by atoms with Crippen LogP contribution in [0.3, 0.4) is 0 Å². The van der Waals surface area contributed by atoms with Crippen molar-refractivity contribution in [3.05, 3.63) is 36.7 Å². The monoisotopic (exact) mass is 279 g/mol. The first-order valence-corrected chi connectivity index (χ1v) is 7.40. The quantitative estimate of drug-likeness (QED) is 0.894. The van der Waals surface area contributed by atoms with Crippen molar-refractivity contribution in [1.82, 2.24) is 24.5 Å². The number of hydrogen-bond donors (Lipinski definition) is 1. The van der Waals surface area contributed by atoms with Crippen LogP contribution in [-0.4, -0.2) is 39.4 Å². The van der Waals surface area contributed by atoms with Crippen molar-refractivity contribution in [2.45, 2.75) is 23.8 Å². The number of aromatic amines is 1. The standard InChI is InChI=1S/C11H13N5O2S/c17-19(18,9-6-14-15-7-9)16-5-1-2-11(16)10-3-4-12-8-13-10/h3-4,6-8,11H,1-2,5H2,(H,14,15)/t11-/m1/s1. The summed E-state index contributed by atoms with van der Waals surface area (Å²) in [6.07, 6.45) is 7.38. The van der Waals surface area contributed by atoms with Crippen LogP contribution in [-0.2, 0) is 10.0 Å². The van der Waals surface area contributed by atoms with Gasteiger partial charge in [0.25, 0.3) is 0 Å². The fourth-order valence-corrected chi connectivity index (χ4v) is 3.91. The number of H-pyrrole nitrogens is 1. The molecule has 0 amide bonds. The molecule has 1 atom stereocenters. The summed E-state index contributed by atoms with van der Waals surface area (Å²) in [4.78, 5) is 8.21. The molecule has 0 aliphatic carbocycles. The molecule has 0 spiro atoms. The van der Waals surface area contributed by atoms with Crippen LogP contribution in [0.25, 0.3) is 0 Å². The first kappa shape index (κ1) is 12.2. The molecule has 0 unspecified atom stereocenters. The summed E-state index contributed by atoms with van der Waals surface area (Å²) in [6.45, 7) is 0.502. The summed E-state index contributed by atoms with van der Waals surface area (Å²) in [5.74, 6) is 0. The Morgan fingerprint density at radius 1 is 1.42 bits per heavy atom. The van der Waals surface area contributed by atoms with Crippen LogP contribution in [0.1, 0.15) is 24.6 Å². The molecule has 19 heavy (non-hydrogen) atoms. The Morgan fingerprint density at radius 3 is 3.00 bits per heavy atom. The van der Waals surface area contributed by atoms with Crippen molar-refractivity contribution in [1.29, 1.82) is 0 Å². The van der Waals surface area contributed by atoms with E-state index in [0.29, 0.717) is 6.54 Å². The Bertz CT molecular complexity index is 641. The van der Waals surface area contributed by atoms with Gasteiger partial charge < -0.3 is 0 Å². The van der Waals surface area contributed by atoms with E-state index in [1.165, 1.54) is 23.0 Å². The summed E-state index contributed by atoms with van der Waals surface area (Å²) in [5, 5.41) is 6.23. The molecule has 3 rings (SSSR count). The highest BCUT2D eigenvalue weighted by Crippen LogP contribution is 2.35. The lowest BCUT2D eigenvalue weighted by Crippen LogP contribution is -2.30. The Kier molecular flexibility index (Phi) is 3.03. The van der Waals surface area contributed by atoms with E-state index in [4.69, 9.17) is 0 Å². The highest BCUT2D eigenvalue weighted by molar-refractivity contribution is 7.89. The SMILES string of the molecule is O=S(=O)(c1cn[nH]c1)N1CCC[C@@H]1c1ccncn1. The molecule has 0 radical (unpaired) electrons. The van der Waals surface area contributed by atoms with Crippen LogP contribution in [0.2, 0.25) is 0 Å². The Balaban J connectivity index is 1.97. The lowest BCUT2D eigenvalue weighted by Gasteiger charge is -2.22. The Morgan fingerprint density at radius 2 is 2.32 bits per heavy atom. The highest BCUT2D eigenvalue weighted by Gasteiger charge is 2.37. The summed E-state index contributed by atoms with van der Waals surface area (Å²) in [7, 11) is -3.51. The van der Waals surface area contributed by atoms with Gasteiger partial charge in [-0.3, -0.25) is 5.10 Å². The van der Waals surface area contributed by atoms with Gasteiger partial charge in [-0.05, 0) is 18.9 Å². The van der Waals surface area contributed by atoms with E-state index >= 15 is 0 Å². The number of sulfonamides is 1. The molecule has 3 heterocycles. The van der Waals surface area contributed by atoms with Crippen molar-refractivity contribution in [3.8, 4) is 0 Å². The van der Waals surface area contributed by atoms with Crippen LogP contribution in [0.5, 0.6) is 0 Å². The average molecular weight is 279 g/mol. The molecule has 0 bridgehead atoms. The Hall–Kier alpha value is -1.80. The maximum atomic E-state index is 12.5. The topological polar surface area (TPSA) is 91.8 Å². The van der Waals surface area contributed by atoms with Gasteiger partial charge >= 0.3 is 0 Å². The van der Waals surface area contributed by atoms with E-state index < -0.39 is 10.0 Å². The molecule has 1 saturated heterocycles. The molecular formula is C11H13N5O2S. The fourth-order valence-electron chi connectivity index (χ4n) is 2.34. The van der Waals surface area contributed by atoms with Gasteiger partial charge in [0, 0.05) is 18.9 Å². The van der Waals surface area contributed by atoms with E-state index in [1.54, 1.807) is 12.3 Å². The Labute approximate surface area is 110 Å². The lowest BCUT2D eigenvalue weighted by atomic mass is 10.1. The van der Waals surface area contributed by atoms with E-state index in [0.717, 1.165) is 18.5 Å². The van der Waals surface area contributed by atoms with Crippen molar-refractivity contribution < 1.29 is 8.42 Å².